The van der Waals surface area contributed by atoms with Gasteiger partial charge >= 0.3 is 0 Å². The first-order valence-corrected chi connectivity index (χ1v) is 11.3. The van der Waals surface area contributed by atoms with Crippen molar-refractivity contribution in [3.8, 4) is 17.2 Å². The fraction of sp³-hybridized carbons (Fsp3) is 0.480. The molecule has 0 atom stereocenters. The molecule has 0 bridgehead atoms. The molecule has 1 saturated carbocycles. The molecule has 1 aliphatic carbocycles. The highest BCUT2D eigenvalue weighted by Gasteiger charge is 2.27. The molecule has 1 aliphatic rings. The van der Waals surface area contributed by atoms with Gasteiger partial charge in [0.2, 0.25) is 5.91 Å². The molecule has 0 radical (unpaired) electrons. The molecular formula is C25H33N3O5. The molecular weight excluding hydrogens is 422 g/mol. The quantitative estimate of drug-likeness (QED) is 0.572. The van der Waals surface area contributed by atoms with E-state index in [1.165, 1.54) is 21.3 Å². The normalized spacial score (nSPS) is 17.7. The van der Waals surface area contributed by atoms with Crippen LogP contribution in [0.2, 0.25) is 0 Å². The lowest BCUT2D eigenvalue weighted by atomic mass is 9.81. The fourth-order valence-corrected chi connectivity index (χ4v) is 4.17. The van der Waals surface area contributed by atoms with Crippen LogP contribution in [0.25, 0.3) is 0 Å². The van der Waals surface area contributed by atoms with Gasteiger partial charge in [0, 0.05) is 49.5 Å². The van der Waals surface area contributed by atoms with Gasteiger partial charge < -0.3 is 24.8 Å². The summed E-state index contributed by atoms with van der Waals surface area (Å²) in [5.41, 5.74) is 1.37. The first-order chi connectivity index (χ1) is 16.0. The van der Waals surface area contributed by atoms with Crippen LogP contribution in [0.4, 0.5) is 0 Å². The monoisotopic (exact) mass is 455 g/mol. The summed E-state index contributed by atoms with van der Waals surface area (Å²) in [6, 6.07) is 9.06. The molecule has 2 amide bonds. The maximum absolute atomic E-state index is 12.8. The maximum atomic E-state index is 12.8. The van der Waals surface area contributed by atoms with Gasteiger partial charge in [-0.05, 0) is 43.7 Å². The first kappa shape index (κ1) is 24.4. The van der Waals surface area contributed by atoms with Gasteiger partial charge in [0.15, 0.2) is 11.5 Å². The number of hydrogen-bond acceptors (Lipinski definition) is 6. The highest BCUT2D eigenvalue weighted by atomic mass is 16.5. The number of carbonyl (C=O) groups is 2. The summed E-state index contributed by atoms with van der Waals surface area (Å²) in [6.45, 7) is 1.16. The average Bonchev–Trinajstić information content (AvgIpc) is 2.87. The molecule has 2 aromatic rings. The Bertz CT molecular complexity index is 927. The average molecular weight is 456 g/mol. The second-order valence-corrected chi connectivity index (χ2v) is 8.20. The minimum atomic E-state index is -0.220. The van der Waals surface area contributed by atoms with E-state index in [4.69, 9.17) is 14.2 Å². The molecule has 0 unspecified atom stereocenters. The summed E-state index contributed by atoms with van der Waals surface area (Å²) in [5.74, 6) is 1.67. The lowest BCUT2D eigenvalue weighted by Crippen LogP contribution is -2.36. The molecule has 1 heterocycles. The molecule has 8 heteroatoms. The number of aromatic nitrogens is 1. The molecule has 8 nitrogen and oxygen atoms in total. The largest absolute Gasteiger partial charge is 0.496 e. The minimum Gasteiger partial charge on any atom is -0.496 e. The molecule has 0 saturated heterocycles. The van der Waals surface area contributed by atoms with Gasteiger partial charge in [-0.2, -0.15) is 0 Å². The van der Waals surface area contributed by atoms with Gasteiger partial charge in [0.05, 0.1) is 26.9 Å². The molecule has 33 heavy (non-hydrogen) atoms. The molecule has 1 fully saturated rings. The van der Waals surface area contributed by atoms with Gasteiger partial charge in [-0.3, -0.25) is 14.6 Å². The molecule has 178 valence electrons. The Balaban J connectivity index is 1.44. The number of hydrogen-bond donors (Lipinski definition) is 2. The van der Waals surface area contributed by atoms with Gasteiger partial charge in [0.25, 0.3) is 5.91 Å². The zero-order chi connectivity index (χ0) is 23.6. The van der Waals surface area contributed by atoms with Gasteiger partial charge in [-0.1, -0.05) is 6.07 Å². The molecule has 3 rings (SSSR count). The summed E-state index contributed by atoms with van der Waals surface area (Å²) < 4.78 is 15.9. The zero-order valence-electron chi connectivity index (χ0n) is 19.6. The van der Waals surface area contributed by atoms with Gasteiger partial charge in [-0.15, -0.1) is 0 Å². The van der Waals surface area contributed by atoms with Crippen LogP contribution in [0.1, 0.15) is 41.7 Å². The Kier molecular flexibility index (Phi) is 8.92. The van der Waals surface area contributed by atoms with Crippen molar-refractivity contribution in [1.29, 1.82) is 0 Å². The van der Waals surface area contributed by atoms with Crippen molar-refractivity contribution in [3.63, 3.8) is 0 Å². The van der Waals surface area contributed by atoms with E-state index in [1.54, 1.807) is 18.3 Å². The van der Waals surface area contributed by atoms with Crippen molar-refractivity contribution in [2.75, 3.05) is 34.4 Å². The lowest BCUT2D eigenvalue weighted by Gasteiger charge is -2.28. The Hall–Kier alpha value is -3.29. The van der Waals surface area contributed by atoms with Crippen molar-refractivity contribution in [2.45, 2.75) is 32.1 Å². The summed E-state index contributed by atoms with van der Waals surface area (Å²) in [6.07, 6.45) is 5.96. The van der Waals surface area contributed by atoms with Crippen LogP contribution in [0.5, 0.6) is 17.2 Å². The van der Waals surface area contributed by atoms with E-state index < -0.39 is 0 Å². The second-order valence-electron chi connectivity index (χ2n) is 8.20. The van der Waals surface area contributed by atoms with Crippen LogP contribution in [-0.2, 0) is 11.2 Å². The molecule has 1 aromatic carbocycles. The van der Waals surface area contributed by atoms with Crippen LogP contribution >= 0.6 is 0 Å². The topological polar surface area (TPSA) is 98.8 Å². The number of nitrogens with one attached hydrogen (secondary N) is 2. The third-order valence-corrected chi connectivity index (χ3v) is 6.13. The van der Waals surface area contributed by atoms with Crippen molar-refractivity contribution < 1.29 is 23.8 Å². The third kappa shape index (κ3) is 6.60. The maximum Gasteiger partial charge on any atom is 0.255 e. The summed E-state index contributed by atoms with van der Waals surface area (Å²) in [4.78, 5) is 29.6. The summed E-state index contributed by atoms with van der Waals surface area (Å²) in [7, 11) is 4.58. The van der Waals surface area contributed by atoms with Crippen molar-refractivity contribution in [2.24, 2.45) is 11.8 Å². The highest BCUT2D eigenvalue weighted by Crippen LogP contribution is 2.35. The second kappa shape index (κ2) is 12.1. The van der Waals surface area contributed by atoms with Crippen LogP contribution in [0.15, 0.2) is 36.5 Å². The van der Waals surface area contributed by atoms with E-state index in [0.717, 1.165) is 37.8 Å². The first-order valence-electron chi connectivity index (χ1n) is 11.3. The van der Waals surface area contributed by atoms with Crippen LogP contribution < -0.4 is 24.8 Å². The standard InChI is InChI=1S/C25H33N3O5/c1-31-21-15-23(33-3)22(32-2)14-20(21)25(30)28-16-17-7-9-18(10-8-17)24(29)27-13-11-19-6-4-5-12-26-19/h4-6,12,14-15,17-18H,7-11,13,16H2,1-3H3,(H,27,29)(H,28,30). The molecule has 0 aliphatic heterocycles. The number of nitrogens with zero attached hydrogens (tertiary/aromatic N) is 1. The zero-order valence-corrected chi connectivity index (χ0v) is 19.6. The fourth-order valence-electron chi connectivity index (χ4n) is 4.17. The molecule has 0 spiro atoms. The number of methoxy groups -OCH3 is 3. The van der Waals surface area contributed by atoms with E-state index in [0.29, 0.717) is 41.8 Å². The predicted octanol–water partition coefficient (Wildman–Crippen LogP) is 3.00. The van der Waals surface area contributed by atoms with Crippen LogP contribution in [0.3, 0.4) is 0 Å². The smallest absolute Gasteiger partial charge is 0.255 e. The van der Waals surface area contributed by atoms with Crippen molar-refractivity contribution in [3.05, 3.63) is 47.8 Å². The van der Waals surface area contributed by atoms with Crippen LogP contribution in [-0.4, -0.2) is 51.2 Å². The lowest BCUT2D eigenvalue weighted by molar-refractivity contribution is -0.126. The van der Waals surface area contributed by atoms with E-state index >= 15 is 0 Å². The minimum absolute atomic E-state index is 0.0339. The Morgan fingerprint density at radius 3 is 2.27 bits per heavy atom. The van der Waals surface area contributed by atoms with Gasteiger partial charge in [-0.25, -0.2) is 0 Å². The Morgan fingerprint density at radius 1 is 0.939 bits per heavy atom. The number of pyridine rings is 1. The number of ether oxygens (including phenoxy) is 3. The van der Waals surface area contributed by atoms with E-state index in [-0.39, 0.29) is 17.7 Å². The van der Waals surface area contributed by atoms with Gasteiger partial charge in [0.1, 0.15) is 5.75 Å². The van der Waals surface area contributed by atoms with E-state index in [2.05, 4.69) is 15.6 Å². The van der Waals surface area contributed by atoms with E-state index in [1.807, 2.05) is 18.2 Å². The number of amides is 2. The molecule has 1 aromatic heterocycles. The highest BCUT2D eigenvalue weighted by molar-refractivity contribution is 5.97. The van der Waals surface area contributed by atoms with Crippen LogP contribution in [0, 0.1) is 11.8 Å². The summed E-state index contributed by atoms with van der Waals surface area (Å²) >= 11 is 0. The van der Waals surface area contributed by atoms with Crippen molar-refractivity contribution >= 4 is 11.8 Å². The number of rotatable bonds is 10. The van der Waals surface area contributed by atoms with E-state index in [9.17, 15) is 9.59 Å². The Morgan fingerprint density at radius 2 is 1.64 bits per heavy atom. The molecule has 2 N–H and O–H groups in total. The predicted molar refractivity (Wildman–Crippen MR) is 125 cm³/mol. The Labute approximate surface area is 195 Å². The number of benzene rings is 1. The third-order valence-electron chi connectivity index (χ3n) is 6.13. The SMILES string of the molecule is COc1cc(OC)c(C(=O)NCC2CCC(C(=O)NCCc3ccccn3)CC2)cc1OC. The summed E-state index contributed by atoms with van der Waals surface area (Å²) in [5, 5.41) is 6.04. The number of carbonyl (C=O) groups excluding carboxylic acids is 2. The van der Waals surface area contributed by atoms with Crippen molar-refractivity contribution in [1.82, 2.24) is 15.6 Å².